The predicted octanol–water partition coefficient (Wildman–Crippen LogP) is 15.5. The third-order valence-electron chi connectivity index (χ3n) is 16.2. The minimum Gasteiger partial charge on any atom is -0.389 e. The van der Waals surface area contributed by atoms with E-state index in [1.54, 1.807) is 69.3 Å². The van der Waals surface area contributed by atoms with Gasteiger partial charge in [-0.3, -0.25) is 18.9 Å². The first-order valence-corrected chi connectivity index (χ1v) is 38.2. The van der Waals surface area contributed by atoms with Gasteiger partial charge in [0.25, 0.3) is 0 Å². The number of imidazole rings is 3. The molecule has 1 unspecified atom stereocenters. The quantitative estimate of drug-likeness (QED) is 0.0285. The number of benzene rings is 9. The van der Waals surface area contributed by atoms with E-state index in [0.717, 1.165) is 107 Å². The predicted molar refractivity (Wildman–Crippen MR) is 386 cm³/mol. The Kier molecular flexibility index (Phi) is 22.7. The number of hydrogen-bond donors (Lipinski definition) is 9. The summed E-state index contributed by atoms with van der Waals surface area (Å²) in [6.07, 6.45) is 3.73. The van der Waals surface area contributed by atoms with Gasteiger partial charge in [0.05, 0.1) is 56.7 Å². The first-order chi connectivity index (χ1) is 49.2. The SMILES string of the molecule is CC(C)(O)c1ccccc1-c1ccc2nc(CCc3ccc(NS(=O)(=O)C(F)(F)F)cc3)[nH]c2c1.CC(O)c1ccccc1-c1ccc2nc(CCc3ccc(NS(=O)(=O)C(F)(F)F)cc3)[nH]c2c1.CS(=O)(=O)Nc1ccccc1-c1ccc2nc(CCc3ccc(NS(=O)(=O)C(F)(F)F)cc3)[nH]c2c1. The van der Waals surface area contributed by atoms with Crippen LogP contribution in [-0.4, -0.2) is 96.6 Å². The molecule has 0 aliphatic rings. The Labute approximate surface area is 597 Å². The summed E-state index contributed by atoms with van der Waals surface area (Å²) in [6, 6.07) is 56.7. The number of anilines is 4. The van der Waals surface area contributed by atoms with Gasteiger partial charge in [-0.1, -0.05) is 121 Å². The van der Waals surface area contributed by atoms with Gasteiger partial charge in [-0.25, -0.2) is 23.4 Å². The lowest BCUT2D eigenvalue weighted by Crippen LogP contribution is -2.29. The molecule has 0 radical (unpaired) electrons. The van der Waals surface area contributed by atoms with Crippen molar-refractivity contribution in [3.05, 3.63) is 245 Å². The van der Waals surface area contributed by atoms with Crippen LogP contribution in [0.15, 0.2) is 200 Å². The Morgan fingerprint density at radius 3 is 1.06 bits per heavy atom. The van der Waals surface area contributed by atoms with Crippen molar-refractivity contribution in [3.8, 4) is 33.4 Å². The molecule has 0 bridgehead atoms. The van der Waals surface area contributed by atoms with Crippen molar-refractivity contribution in [2.24, 2.45) is 0 Å². The number of nitrogens with zero attached hydrogens (tertiary/aromatic N) is 3. The molecule has 9 aromatic carbocycles. The highest BCUT2D eigenvalue weighted by molar-refractivity contribution is 7.94. The lowest BCUT2D eigenvalue weighted by Gasteiger charge is -2.21. The second-order valence-corrected chi connectivity index (χ2v) is 31.5. The van der Waals surface area contributed by atoms with Crippen molar-refractivity contribution in [1.82, 2.24) is 29.9 Å². The fourth-order valence-corrected chi connectivity index (χ4v) is 13.4. The van der Waals surface area contributed by atoms with Crippen LogP contribution in [0.5, 0.6) is 0 Å². The molecule has 0 aliphatic heterocycles. The molecule has 12 aromatic rings. The Morgan fingerprint density at radius 1 is 0.400 bits per heavy atom. The normalized spacial score (nSPS) is 12.8. The molecule has 0 saturated heterocycles. The zero-order valence-corrected chi connectivity index (χ0v) is 59.2. The smallest absolute Gasteiger partial charge is 0.389 e. The fraction of sp³-hybridized carbons (Fsp3) is 0.208. The zero-order chi connectivity index (χ0) is 76.1. The topological polar surface area (TPSA) is 311 Å². The number of aromatic nitrogens is 6. The second kappa shape index (κ2) is 30.8. The van der Waals surface area contributed by atoms with E-state index >= 15 is 0 Å². The molecule has 3 aromatic heterocycles. The third kappa shape index (κ3) is 19.7. The molecule has 1 atom stereocenters. The maximum atomic E-state index is 12.5. The number of H-pyrrole nitrogens is 3. The number of rotatable bonds is 22. The maximum Gasteiger partial charge on any atom is 0.516 e. The van der Waals surface area contributed by atoms with E-state index in [9.17, 15) is 83.4 Å². The molecule has 105 heavy (non-hydrogen) atoms. The molecule has 0 saturated carbocycles. The Balaban J connectivity index is 0.000000169. The third-order valence-corrected chi connectivity index (χ3v) is 20.2. The number of aryl methyl sites for hydroxylation is 6. The number of nitrogens with one attached hydrogen (secondary N) is 7. The number of alkyl halides is 9. The minimum atomic E-state index is -5.47. The van der Waals surface area contributed by atoms with Crippen LogP contribution >= 0.6 is 0 Å². The summed E-state index contributed by atoms with van der Waals surface area (Å²) in [5, 5.41) is 20.6. The highest BCUT2D eigenvalue weighted by Gasteiger charge is 2.47. The number of para-hydroxylation sites is 1. The highest BCUT2D eigenvalue weighted by atomic mass is 32.2. The van der Waals surface area contributed by atoms with Gasteiger partial charge < -0.3 is 25.2 Å². The van der Waals surface area contributed by atoms with Crippen LogP contribution in [0.4, 0.5) is 62.3 Å². The first kappa shape index (κ1) is 77.3. The number of sulfonamides is 4. The van der Waals surface area contributed by atoms with Crippen LogP contribution in [0.3, 0.4) is 0 Å². The van der Waals surface area contributed by atoms with Crippen molar-refractivity contribution >= 4 is 95.9 Å². The molecule has 33 heteroatoms. The molecule has 0 aliphatic carbocycles. The van der Waals surface area contributed by atoms with Gasteiger partial charge >= 0.3 is 46.6 Å². The maximum absolute atomic E-state index is 12.5. The molecule has 12 rings (SSSR count). The molecule has 9 N–H and O–H groups in total. The number of fused-ring (bicyclic) bond motifs is 3. The summed E-state index contributed by atoms with van der Waals surface area (Å²) in [7, 11) is -19.8. The molecule has 552 valence electrons. The van der Waals surface area contributed by atoms with Gasteiger partial charge in [-0.15, -0.1) is 0 Å². The van der Waals surface area contributed by atoms with Gasteiger partial charge in [0, 0.05) is 41.9 Å². The molecule has 0 amide bonds. The van der Waals surface area contributed by atoms with Crippen molar-refractivity contribution in [2.75, 3.05) is 25.1 Å². The second-order valence-electron chi connectivity index (χ2n) is 24.8. The van der Waals surface area contributed by atoms with Gasteiger partial charge in [-0.05, 0) is 175 Å². The largest absolute Gasteiger partial charge is 0.516 e. The molecule has 0 spiro atoms. The summed E-state index contributed by atoms with van der Waals surface area (Å²) < 4.78 is 210. The molecular formula is C72H67F9N10O10S4. The van der Waals surface area contributed by atoms with Gasteiger partial charge in [0.15, 0.2) is 0 Å². The lowest BCUT2D eigenvalue weighted by molar-refractivity contribution is -0.0435. The lowest BCUT2D eigenvalue weighted by atomic mass is 9.89. The molecule has 3 heterocycles. The standard InChI is InChI=1S/C25H24F3N3O3S.C24H22F3N3O3S.C23H21F3N4O4S2/c1-24(2,32)20-6-4-3-5-19(20)17-10-13-21-22(15-17)30-23(29-21)14-9-16-7-11-18(12-8-16)31-35(33,34)25(26,27)28;1-15(31)19-4-2-3-5-20(19)17-9-12-21-22(14-17)29-23(28-21)13-8-16-6-10-18(11-7-16)30-34(32,33)24(25,26)27;1-35(31,32)30-19-5-3-2-4-18(19)16-9-12-20-21(14-16)28-22(27-20)13-8-15-6-10-17(11-7-15)29-36(33,34)23(24,25)26/h3-8,10-13,15,31-32H,9,14H2,1-2H3,(H,29,30);2-7,9-12,14-15,30-31H,8,13H2,1H3,(H,28,29);2-7,9-12,14,29-30H,8,13H2,1H3,(H,27,28). The van der Waals surface area contributed by atoms with Crippen LogP contribution in [0.1, 0.15) is 72.2 Å². The highest BCUT2D eigenvalue weighted by Crippen LogP contribution is 2.36. The number of aliphatic hydroxyl groups excluding tert-OH is 1. The summed E-state index contributed by atoms with van der Waals surface area (Å²) >= 11 is 0. The van der Waals surface area contributed by atoms with Crippen molar-refractivity contribution < 1.29 is 83.4 Å². The average Bonchev–Trinajstić information content (AvgIpc) is 1.77. The summed E-state index contributed by atoms with van der Waals surface area (Å²) in [6.45, 7) is 5.22. The number of aromatic amines is 3. The van der Waals surface area contributed by atoms with E-state index < -0.39 is 68.3 Å². The van der Waals surface area contributed by atoms with Gasteiger partial charge in [0.1, 0.15) is 17.5 Å². The van der Waals surface area contributed by atoms with E-state index in [0.29, 0.717) is 55.6 Å². The zero-order valence-electron chi connectivity index (χ0n) is 55.9. The number of halogens is 9. The number of aliphatic hydroxyl groups is 2. The molecule has 20 nitrogen and oxygen atoms in total. The molecular weight excluding hydrogens is 1460 g/mol. The monoisotopic (exact) mass is 1530 g/mol. The van der Waals surface area contributed by atoms with Crippen molar-refractivity contribution in [1.29, 1.82) is 0 Å². The van der Waals surface area contributed by atoms with Crippen LogP contribution in [0, 0.1) is 0 Å². The fourth-order valence-electron chi connectivity index (χ4n) is 11.1. The van der Waals surface area contributed by atoms with Crippen molar-refractivity contribution in [2.45, 2.75) is 87.5 Å². The van der Waals surface area contributed by atoms with E-state index in [4.69, 9.17) is 0 Å². The molecule has 0 fully saturated rings. The van der Waals surface area contributed by atoms with Gasteiger partial charge in [0.2, 0.25) is 10.0 Å². The Morgan fingerprint density at radius 2 is 0.714 bits per heavy atom. The van der Waals surface area contributed by atoms with Crippen LogP contribution in [0.2, 0.25) is 0 Å². The summed E-state index contributed by atoms with van der Waals surface area (Å²) in [5.74, 6) is 2.18. The van der Waals surface area contributed by atoms with Crippen LogP contribution in [-0.2, 0) is 84.2 Å². The van der Waals surface area contributed by atoms with E-state index in [1.807, 2.05) is 115 Å². The number of hydrogen-bond acceptors (Lipinski definition) is 13. The van der Waals surface area contributed by atoms with Gasteiger partial charge in [-0.2, -0.15) is 64.8 Å². The minimum absolute atomic E-state index is 0.158. The first-order valence-electron chi connectivity index (χ1n) is 31.8. The van der Waals surface area contributed by atoms with E-state index in [2.05, 4.69) is 34.6 Å². The van der Waals surface area contributed by atoms with Crippen LogP contribution < -0.4 is 18.9 Å². The Hall–Kier alpha value is -10.3. The van der Waals surface area contributed by atoms with Crippen LogP contribution in [0.25, 0.3) is 66.5 Å². The summed E-state index contributed by atoms with van der Waals surface area (Å²) in [4.78, 5) is 23.6. The Bertz CT molecular complexity index is 5580. The summed E-state index contributed by atoms with van der Waals surface area (Å²) in [5.41, 5.74) is -3.04. The van der Waals surface area contributed by atoms with E-state index in [-0.39, 0.29) is 17.1 Å². The van der Waals surface area contributed by atoms with Crippen molar-refractivity contribution in [3.63, 3.8) is 0 Å². The van der Waals surface area contributed by atoms with E-state index in [1.165, 1.54) is 50.6 Å². The average molecular weight is 1530 g/mol.